The van der Waals surface area contributed by atoms with E-state index in [1.807, 2.05) is 30.3 Å². The first-order valence-electron chi connectivity index (χ1n) is 9.63. The Hall–Kier alpha value is -3.48. The van der Waals surface area contributed by atoms with Gasteiger partial charge in [0.2, 0.25) is 0 Å². The molecule has 1 aliphatic carbocycles. The number of hydrogen-bond donors (Lipinski definition) is 0. The molecule has 29 heavy (non-hydrogen) atoms. The Morgan fingerprint density at radius 2 is 1.72 bits per heavy atom. The summed E-state index contributed by atoms with van der Waals surface area (Å²) in [6.45, 7) is 0.556. The van der Waals surface area contributed by atoms with E-state index in [0.29, 0.717) is 29.2 Å². The summed E-state index contributed by atoms with van der Waals surface area (Å²) in [6, 6.07) is 15.6. The van der Waals surface area contributed by atoms with Gasteiger partial charge in [-0.05, 0) is 37.0 Å². The van der Waals surface area contributed by atoms with Crippen molar-refractivity contribution >= 4 is 11.2 Å². The molecule has 146 valence electrons. The maximum absolute atomic E-state index is 14.2. The van der Waals surface area contributed by atoms with E-state index in [1.54, 1.807) is 22.8 Å². The van der Waals surface area contributed by atoms with E-state index in [9.17, 15) is 14.0 Å². The first-order valence-corrected chi connectivity index (χ1v) is 9.63. The highest BCUT2D eigenvalue weighted by Crippen LogP contribution is 2.30. The van der Waals surface area contributed by atoms with Gasteiger partial charge in [-0.2, -0.15) is 0 Å². The summed E-state index contributed by atoms with van der Waals surface area (Å²) >= 11 is 0. The Bertz CT molecular complexity index is 1320. The van der Waals surface area contributed by atoms with Crippen molar-refractivity contribution in [3.8, 4) is 5.69 Å². The maximum atomic E-state index is 14.2. The van der Waals surface area contributed by atoms with E-state index in [2.05, 4.69) is 4.98 Å². The van der Waals surface area contributed by atoms with Crippen LogP contribution in [0.2, 0.25) is 0 Å². The molecular formula is C22H19FN4O2. The molecule has 0 bridgehead atoms. The van der Waals surface area contributed by atoms with E-state index in [4.69, 9.17) is 0 Å². The van der Waals surface area contributed by atoms with Gasteiger partial charge in [0.05, 0.1) is 18.6 Å². The van der Waals surface area contributed by atoms with Gasteiger partial charge in [0.15, 0.2) is 11.2 Å². The summed E-state index contributed by atoms with van der Waals surface area (Å²) < 4.78 is 18.6. The second kappa shape index (κ2) is 6.84. The number of imidazole rings is 1. The fourth-order valence-electron chi connectivity index (χ4n) is 3.64. The topological polar surface area (TPSA) is 61.8 Å². The van der Waals surface area contributed by atoms with Crippen molar-refractivity contribution in [1.82, 2.24) is 18.7 Å². The highest BCUT2D eigenvalue weighted by molar-refractivity contribution is 5.72. The summed E-state index contributed by atoms with van der Waals surface area (Å²) in [6.07, 6.45) is 3.53. The molecule has 0 atom stereocenters. The molecule has 0 spiro atoms. The maximum Gasteiger partial charge on any atom is 0.337 e. The number of nitrogens with zero attached hydrogens (tertiary/aromatic N) is 4. The number of rotatable bonds is 5. The van der Waals surface area contributed by atoms with E-state index < -0.39 is 5.69 Å². The number of hydrogen-bond acceptors (Lipinski definition) is 3. The van der Waals surface area contributed by atoms with Gasteiger partial charge in [0, 0.05) is 12.1 Å². The summed E-state index contributed by atoms with van der Waals surface area (Å²) in [7, 11) is 0. The minimum Gasteiger partial charge on any atom is -0.320 e. The fraction of sp³-hybridized carbons (Fsp3) is 0.227. The standard InChI is InChI=1S/C22H19FN4O2/c23-18-9-5-4-6-16(18)13-25-14-24-20-19(25)21(28)26(12-15-10-11-15)22(29)27(20)17-7-2-1-3-8-17/h1-9,14-15H,10-13H2. The normalized spacial score (nSPS) is 13.8. The van der Waals surface area contributed by atoms with Crippen LogP contribution in [-0.4, -0.2) is 18.7 Å². The molecule has 6 nitrogen and oxygen atoms in total. The Kier molecular flexibility index (Phi) is 4.16. The lowest BCUT2D eigenvalue weighted by atomic mass is 10.2. The van der Waals surface area contributed by atoms with Crippen molar-refractivity contribution in [3.05, 3.63) is 93.1 Å². The van der Waals surface area contributed by atoms with Crippen LogP contribution in [0.1, 0.15) is 18.4 Å². The first kappa shape index (κ1) is 17.6. The molecule has 1 fully saturated rings. The molecule has 7 heteroatoms. The van der Waals surface area contributed by atoms with E-state index in [-0.39, 0.29) is 23.6 Å². The fourth-order valence-corrected chi connectivity index (χ4v) is 3.64. The van der Waals surface area contributed by atoms with Gasteiger partial charge in [0.25, 0.3) is 5.56 Å². The van der Waals surface area contributed by atoms with Crippen LogP contribution >= 0.6 is 0 Å². The SMILES string of the molecule is O=c1c2c(ncn2Cc2ccccc2F)n(-c2ccccc2)c(=O)n1CC1CC1. The molecule has 2 aromatic carbocycles. The lowest BCUT2D eigenvalue weighted by molar-refractivity contribution is 0.566. The van der Waals surface area contributed by atoms with Gasteiger partial charge >= 0.3 is 5.69 Å². The quantitative estimate of drug-likeness (QED) is 0.526. The van der Waals surface area contributed by atoms with Crippen LogP contribution in [-0.2, 0) is 13.1 Å². The predicted octanol–water partition coefficient (Wildman–Crippen LogP) is 2.95. The highest BCUT2D eigenvalue weighted by atomic mass is 19.1. The predicted molar refractivity (Wildman–Crippen MR) is 108 cm³/mol. The molecule has 0 amide bonds. The second-order valence-electron chi connectivity index (χ2n) is 7.45. The van der Waals surface area contributed by atoms with Gasteiger partial charge in [-0.3, -0.25) is 9.36 Å². The monoisotopic (exact) mass is 390 g/mol. The first-order chi connectivity index (χ1) is 14.1. The number of aromatic nitrogens is 4. The van der Waals surface area contributed by atoms with Crippen molar-refractivity contribution < 1.29 is 4.39 Å². The Morgan fingerprint density at radius 1 is 1.00 bits per heavy atom. The Balaban J connectivity index is 1.76. The number of para-hydroxylation sites is 1. The molecule has 0 N–H and O–H groups in total. The van der Waals surface area contributed by atoms with Crippen LogP contribution < -0.4 is 11.2 Å². The van der Waals surface area contributed by atoms with Crippen LogP contribution in [0, 0.1) is 11.7 Å². The number of fused-ring (bicyclic) bond motifs is 1. The van der Waals surface area contributed by atoms with Crippen molar-refractivity contribution in [2.45, 2.75) is 25.9 Å². The molecule has 0 saturated heterocycles. The van der Waals surface area contributed by atoms with Crippen molar-refractivity contribution in [1.29, 1.82) is 0 Å². The lowest BCUT2D eigenvalue weighted by Crippen LogP contribution is -2.40. The second-order valence-corrected chi connectivity index (χ2v) is 7.45. The van der Waals surface area contributed by atoms with Crippen LogP contribution in [0.4, 0.5) is 4.39 Å². The van der Waals surface area contributed by atoms with Crippen molar-refractivity contribution in [2.24, 2.45) is 5.92 Å². The highest BCUT2D eigenvalue weighted by Gasteiger charge is 2.26. The zero-order valence-corrected chi connectivity index (χ0v) is 15.7. The van der Waals surface area contributed by atoms with Gasteiger partial charge in [0.1, 0.15) is 5.82 Å². The summed E-state index contributed by atoms with van der Waals surface area (Å²) in [5.41, 5.74) is 0.919. The zero-order valence-electron chi connectivity index (χ0n) is 15.7. The number of benzene rings is 2. The van der Waals surface area contributed by atoms with E-state index in [0.717, 1.165) is 12.8 Å². The van der Waals surface area contributed by atoms with E-state index in [1.165, 1.54) is 21.5 Å². The third kappa shape index (κ3) is 3.08. The molecule has 1 aliphatic rings. The number of halogens is 1. The van der Waals surface area contributed by atoms with Crippen LogP contribution in [0.5, 0.6) is 0 Å². The zero-order chi connectivity index (χ0) is 20.0. The average molecular weight is 390 g/mol. The van der Waals surface area contributed by atoms with Gasteiger partial charge < -0.3 is 4.57 Å². The minimum atomic E-state index is -0.392. The van der Waals surface area contributed by atoms with Gasteiger partial charge in [-0.15, -0.1) is 0 Å². The van der Waals surface area contributed by atoms with Gasteiger partial charge in [-0.25, -0.2) is 18.7 Å². The van der Waals surface area contributed by atoms with E-state index >= 15 is 0 Å². The summed E-state index contributed by atoms with van der Waals surface area (Å²) in [5.74, 6) is 0.00838. The molecule has 0 aliphatic heterocycles. The molecule has 5 rings (SSSR count). The van der Waals surface area contributed by atoms with Crippen molar-refractivity contribution in [3.63, 3.8) is 0 Å². The molecular weight excluding hydrogens is 371 g/mol. The van der Waals surface area contributed by atoms with Crippen LogP contribution in [0.3, 0.4) is 0 Å². The summed E-state index contributed by atoms with van der Waals surface area (Å²) in [4.78, 5) is 30.8. The smallest absolute Gasteiger partial charge is 0.320 e. The lowest BCUT2D eigenvalue weighted by Gasteiger charge is -2.12. The van der Waals surface area contributed by atoms with Crippen LogP contribution in [0.15, 0.2) is 70.5 Å². The average Bonchev–Trinajstić information content (AvgIpc) is 3.46. The molecule has 4 aromatic rings. The molecule has 2 aromatic heterocycles. The Morgan fingerprint density at radius 3 is 2.45 bits per heavy atom. The van der Waals surface area contributed by atoms with Crippen LogP contribution in [0.25, 0.3) is 16.9 Å². The molecule has 1 saturated carbocycles. The third-order valence-corrected chi connectivity index (χ3v) is 5.35. The largest absolute Gasteiger partial charge is 0.337 e. The molecule has 0 radical (unpaired) electrons. The third-order valence-electron chi connectivity index (χ3n) is 5.35. The Labute approximate surface area is 165 Å². The molecule has 0 unspecified atom stereocenters. The van der Waals surface area contributed by atoms with Crippen molar-refractivity contribution in [2.75, 3.05) is 0 Å². The minimum absolute atomic E-state index is 0.162. The molecule has 2 heterocycles. The summed E-state index contributed by atoms with van der Waals surface area (Å²) in [5, 5.41) is 0. The van der Waals surface area contributed by atoms with Gasteiger partial charge in [-0.1, -0.05) is 36.4 Å².